The zero-order chi connectivity index (χ0) is 21.8. The highest BCUT2D eigenvalue weighted by Crippen LogP contribution is 2.13. The van der Waals surface area contributed by atoms with Gasteiger partial charge in [0.1, 0.15) is 6.04 Å². The van der Waals surface area contributed by atoms with Crippen molar-refractivity contribution in [2.45, 2.75) is 19.4 Å². The van der Waals surface area contributed by atoms with Gasteiger partial charge < -0.3 is 15.4 Å². The number of anilines is 1. The maximum atomic E-state index is 12.7. The summed E-state index contributed by atoms with van der Waals surface area (Å²) < 4.78 is 4.84. The van der Waals surface area contributed by atoms with Gasteiger partial charge in [-0.05, 0) is 61.3 Å². The van der Waals surface area contributed by atoms with Gasteiger partial charge in [0.05, 0.1) is 6.61 Å². The largest absolute Gasteiger partial charge is 0.463 e. The van der Waals surface area contributed by atoms with Gasteiger partial charge in [-0.25, -0.2) is 4.79 Å². The molecule has 0 bridgehead atoms. The van der Waals surface area contributed by atoms with Crippen LogP contribution in [0.3, 0.4) is 0 Å². The van der Waals surface area contributed by atoms with Crippen LogP contribution in [0.5, 0.6) is 0 Å². The van der Waals surface area contributed by atoms with Crippen LogP contribution in [-0.4, -0.2) is 42.4 Å². The number of benzene rings is 2. The summed E-state index contributed by atoms with van der Waals surface area (Å²) in [5, 5.41) is 5.66. The Bertz CT molecular complexity index is 867. The molecule has 0 spiro atoms. The van der Waals surface area contributed by atoms with Crippen molar-refractivity contribution in [3.8, 4) is 0 Å². The first-order valence-corrected chi connectivity index (χ1v) is 11.0. The fraction of sp³-hybridized carbons (Fsp3) is 0.261. The molecule has 0 aliphatic rings. The molecular formula is C23H26N2O4S. The Morgan fingerprint density at radius 3 is 2.40 bits per heavy atom. The lowest BCUT2D eigenvalue weighted by Gasteiger charge is -2.18. The lowest BCUT2D eigenvalue weighted by molar-refractivity contribution is -0.137. The molecular weight excluding hydrogens is 400 g/mol. The molecule has 0 aromatic heterocycles. The third-order valence-corrected chi connectivity index (χ3v) is 4.79. The standard InChI is InChI=1S/C23H26N2O4S/c1-3-29-21(26)14-11-17-9-12-19(13-10-17)24-23(28)20(15-16-30-2)25-22(27)18-7-5-4-6-8-18/h4-14,20H,3,15-16H2,1-2H3,(H,24,28)(H,25,27). The summed E-state index contributed by atoms with van der Waals surface area (Å²) in [5.74, 6) is -0.217. The Balaban J connectivity index is 2.00. The van der Waals surface area contributed by atoms with Crippen LogP contribution in [0.15, 0.2) is 60.7 Å². The van der Waals surface area contributed by atoms with E-state index in [1.807, 2.05) is 12.3 Å². The van der Waals surface area contributed by atoms with E-state index in [2.05, 4.69) is 10.6 Å². The van der Waals surface area contributed by atoms with Crippen molar-refractivity contribution in [2.24, 2.45) is 0 Å². The summed E-state index contributed by atoms with van der Waals surface area (Å²) in [4.78, 5) is 36.6. The molecule has 2 aromatic rings. The average molecular weight is 427 g/mol. The smallest absolute Gasteiger partial charge is 0.330 e. The van der Waals surface area contributed by atoms with Gasteiger partial charge in [-0.15, -0.1) is 0 Å². The van der Waals surface area contributed by atoms with E-state index in [0.29, 0.717) is 24.3 Å². The number of amides is 2. The van der Waals surface area contributed by atoms with Crippen molar-refractivity contribution in [3.05, 3.63) is 71.8 Å². The summed E-state index contributed by atoms with van der Waals surface area (Å²) in [5.41, 5.74) is 1.92. The monoisotopic (exact) mass is 426 g/mol. The minimum absolute atomic E-state index is 0.275. The molecule has 0 aliphatic carbocycles. The zero-order valence-electron chi connectivity index (χ0n) is 17.1. The molecule has 0 aliphatic heterocycles. The molecule has 6 nitrogen and oxygen atoms in total. The predicted octanol–water partition coefficient (Wildman–Crippen LogP) is 3.75. The minimum atomic E-state index is -0.645. The number of thioether (sulfide) groups is 1. The fourth-order valence-corrected chi connectivity index (χ4v) is 3.07. The summed E-state index contributed by atoms with van der Waals surface area (Å²) in [6, 6.07) is 15.2. The second kappa shape index (κ2) is 12.5. The molecule has 2 rings (SSSR count). The van der Waals surface area contributed by atoms with E-state index < -0.39 is 12.0 Å². The Morgan fingerprint density at radius 2 is 1.77 bits per heavy atom. The lowest BCUT2D eigenvalue weighted by Crippen LogP contribution is -2.44. The fourth-order valence-electron chi connectivity index (χ4n) is 2.60. The number of carbonyl (C=O) groups is 3. The van der Waals surface area contributed by atoms with Crippen molar-refractivity contribution >= 4 is 41.3 Å². The van der Waals surface area contributed by atoms with E-state index in [1.165, 1.54) is 6.08 Å². The predicted molar refractivity (Wildman–Crippen MR) is 121 cm³/mol. The van der Waals surface area contributed by atoms with Gasteiger partial charge in [0, 0.05) is 17.3 Å². The van der Waals surface area contributed by atoms with Gasteiger partial charge in [0.2, 0.25) is 5.91 Å². The SMILES string of the molecule is CCOC(=O)C=Cc1ccc(NC(=O)C(CCSC)NC(=O)c2ccccc2)cc1. The van der Waals surface area contributed by atoms with Crippen molar-refractivity contribution in [1.82, 2.24) is 5.32 Å². The van der Waals surface area contributed by atoms with Crippen LogP contribution >= 0.6 is 11.8 Å². The number of esters is 1. The quantitative estimate of drug-likeness (QED) is 0.446. The number of nitrogens with one attached hydrogen (secondary N) is 2. The van der Waals surface area contributed by atoms with Gasteiger partial charge in [0.15, 0.2) is 0 Å². The van der Waals surface area contributed by atoms with E-state index >= 15 is 0 Å². The number of carbonyl (C=O) groups excluding carboxylic acids is 3. The van der Waals surface area contributed by atoms with Crippen molar-refractivity contribution in [3.63, 3.8) is 0 Å². The molecule has 158 valence electrons. The Morgan fingerprint density at radius 1 is 1.07 bits per heavy atom. The zero-order valence-corrected chi connectivity index (χ0v) is 17.9. The molecule has 2 aromatic carbocycles. The first-order chi connectivity index (χ1) is 14.5. The molecule has 0 saturated heterocycles. The van der Waals surface area contributed by atoms with Crippen LogP contribution in [0.4, 0.5) is 5.69 Å². The summed E-state index contributed by atoms with van der Waals surface area (Å²) in [7, 11) is 0. The molecule has 2 amide bonds. The van der Waals surface area contributed by atoms with Gasteiger partial charge in [-0.3, -0.25) is 9.59 Å². The van der Waals surface area contributed by atoms with Crippen molar-refractivity contribution in [2.75, 3.05) is 23.9 Å². The third-order valence-electron chi connectivity index (χ3n) is 4.15. The molecule has 0 saturated carbocycles. The molecule has 0 radical (unpaired) electrons. The van der Waals surface area contributed by atoms with E-state index in [9.17, 15) is 14.4 Å². The maximum absolute atomic E-state index is 12.7. The number of hydrogen-bond acceptors (Lipinski definition) is 5. The normalized spacial score (nSPS) is 11.7. The van der Waals surface area contributed by atoms with Crippen LogP contribution < -0.4 is 10.6 Å². The van der Waals surface area contributed by atoms with Crippen LogP contribution in [0.25, 0.3) is 6.08 Å². The van der Waals surface area contributed by atoms with Crippen LogP contribution in [-0.2, 0) is 14.3 Å². The second-order valence-corrected chi connectivity index (χ2v) is 7.36. The summed E-state index contributed by atoms with van der Waals surface area (Å²) in [6.45, 7) is 2.07. The molecule has 1 unspecified atom stereocenters. The first-order valence-electron chi connectivity index (χ1n) is 9.64. The molecule has 0 fully saturated rings. The number of hydrogen-bond donors (Lipinski definition) is 2. The number of rotatable bonds is 10. The lowest BCUT2D eigenvalue weighted by atomic mass is 10.1. The van der Waals surface area contributed by atoms with E-state index in [-0.39, 0.29) is 11.8 Å². The van der Waals surface area contributed by atoms with Crippen LogP contribution in [0.2, 0.25) is 0 Å². The van der Waals surface area contributed by atoms with Gasteiger partial charge in [0.25, 0.3) is 5.91 Å². The van der Waals surface area contributed by atoms with Gasteiger partial charge >= 0.3 is 5.97 Å². The first kappa shape index (κ1) is 23.2. The van der Waals surface area contributed by atoms with E-state index in [0.717, 1.165) is 11.3 Å². The molecule has 1 atom stereocenters. The summed E-state index contributed by atoms with van der Waals surface area (Å²) in [6.07, 6.45) is 5.47. The number of ether oxygens (including phenoxy) is 1. The van der Waals surface area contributed by atoms with Crippen molar-refractivity contribution in [1.29, 1.82) is 0 Å². The maximum Gasteiger partial charge on any atom is 0.330 e. The average Bonchev–Trinajstić information content (AvgIpc) is 2.76. The third kappa shape index (κ3) is 7.75. The Hall–Kier alpha value is -3.06. The van der Waals surface area contributed by atoms with Gasteiger partial charge in [-0.2, -0.15) is 11.8 Å². The van der Waals surface area contributed by atoms with E-state index in [1.54, 1.807) is 73.3 Å². The van der Waals surface area contributed by atoms with Crippen LogP contribution in [0.1, 0.15) is 29.3 Å². The highest BCUT2D eigenvalue weighted by Gasteiger charge is 2.21. The van der Waals surface area contributed by atoms with E-state index in [4.69, 9.17) is 4.74 Å². The topological polar surface area (TPSA) is 84.5 Å². The summed E-state index contributed by atoms with van der Waals surface area (Å²) >= 11 is 1.61. The Kier molecular flexibility index (Phi) is 9.67. The molecule has 7 heteroatoms. The van der Waals surface area contributed by atoms with Crippen LogP contribution in [0, 0.1) is 0 Å². The minimum Gasteiger partial charge on any atom is -0.463 e. The molecule has 0 heterocycles. The molecule has 2 N–H and O–H groups in total. The molecule has 30 heavy (non-hydrogen) atoms. The highest BCUT2D eigenvalue weighted by molar-refractivity contribution is 7.98. The Labute approximate surface area is 181 Å². The highest BCUT2D eigenvalue weighted by atomic mass is 32.2. The second-order valence-electron chi connectivity index (χ2n) is 6.37. The van der Waals surface area contributed by atoms with Gasteiger partial charge in [-0.1, -0.05) is 30.3 Å². The van der Waals surface area contributed by atoms with Crippen molar-refractivity contribution < 1.29 is 19.1 Å².